The van der Waals surface area contributed by atoms with Crippen LogP contribution in [0.3, 0.4) is 0 Å². The minimum Gasteiger partial charge on any atom is -0.391 e. The molecule has 1 saturated heterocycles. The van der Waals surface area contributed by atoms with E-state index in [1.807, 2.05) is 0 Å². The summed E-state index contributed by atoms with van der Waals surface area (Å²) < 4.78 is 0. The molecular formula is C6H16N4. The summed E-state index contributed by atoms with van der Waals surface area (Å²) in [5.74, 6) is 0. The van der Waals surface area contributed by atoms with E-state index in [1.165, 1.54) is 5.01 Å². The van der Waals surface area contributed by atoms with Gasteiger partial charge in [0, 0.05) is 13.1 Å². The van der Waals surface area contributed by atoms with Crippen LogP contribution in [0.5, 0.6) is 0 Å². The molecule has 3 N–H and O–H groups in total. The van der Waals surface area contributed by atoms with E-state index < -0.39 is 0 Å². The maximum absolute atomic E-state index is 4.19. The van der Waals surface area contributed by atoms with E-state index in [0.29, 0.717) is 6.04 Å². The highest BCUT2D eigenvalue weighted by molar-refractivity contribution is 4.62. The molecule has 0 radical (unpaired) electrons. The zero-order valence-electron chi connectivity index (χ0n) is 6.65. The molecule has 0 saturated carbocycles. The average Bonchev–Trinajstić information content (AvgIpc) is 1.92. The fourth-order valence-corrected chi connectivity index (χ4v) is 0.901. The van der Waals surface area contributed by atoms with Gasteiger partial charge in [0.2, 0.25) is 0 Å². The largest absolute Gasteiger partial charge is 0.391 e. The molecule has 0 aliphatic carbocycles. The summed E-state index contributed by atoms with van der Waals surface area (Å²) in [6.45, 7) is 5.18. The summed E-state index contributed by atoms with van der Waals surface area (Å²) in [5.41, 5.74) is 7.18. The lowest BCUT2D eigenvalue weighted by Crippen LogP contribution is -3.10. The highest BCUT2D eigenvalue weighted by Gasteiger charge is 2.06. The van der Waals surface area contributed by atoms with E-state index in [-0.39, 0.29) is 0 Å². The maximum atomic E-state index is 4.19. The Labute approximate surface area is 61.9 Å². The highest BCUT2D eigenvalue weighted by atomic mass is 15.7. The first kappa shape index (κ1) is 7.94. The number of likely N-dealkylation sites (N-methyl/N-ethyl adjacent to an activating group) is 1. The first-order valence-corrected chi connectivity index (χ1v) is 3.78. The van der Waals surface area contributed by atoms with Crippen molar-refractivity contribution in [2.45, 2.75) is 13.0 Å². The summed E-state index contributed by atoms with van der Waals surface area (Å²) in [5, 5.41) is 4.51. The second-order valence-corrected chi connectivity index (χ2v) is 2.77. The number of nitrogens with one attached hydrogen (secondary N) is 3. The molecule has 1 heterocycles. The third-order valence-electron chi connectivity index (χ3n) is 1.83. The summed E-state index contributed by atoms with van der Waals surface area (Å²) in [6, 6.07) is 0.563. The number of quaternary nitrogens is 1. The van der Waals surface area contributed by atoms with Crippen LogP contribution < -0.4 is 15.8 Å². The predicted molar refractivity (Wildman–Crippen MR) is 40.6 cm³/mol. The predicted octanol–water partition coefficient (Wildman–Crippen LogP) is -1.71. The SMILES string of the molecule is CC1CNCCN[N-][NH+]1C. The lowest BCUT2D eigenvalue weighted by atomic mass is 10.3. The molecule has 1 fully saturated rings. The van der Waals surface area contributed by atoms with Crippen molar-refractivity contribution >= 4 is 0 Å². The van der Waals surface area contributed by atoms with Crippen molar-refractivity contribution < 1.29 is 5.01 Å². The van der Waals surface area contributed by atoms with Gasteiger partial charge < -0.3 is 21.3 Å². The summed E-state index contributed by atoms with van der Waals surface area (Å²) in [7, 11) is 2.06. The Morgan fingerprint density at radius 1 is 1.50 bits per heavy atom. The molecule has 2 atom stereocenters. The number of rotatable bonds is 0. The van der Waals surface area contributed by atoms with E-state index in [9.17, 15) is 0 Å². The van der Waals surface area contributed by atoms with Crippen LogP contribution in [0.25, 0.3) is 5.53 Å². The Hall–Kier alpha value is -0.160. The first-order chi connectivity index (χ1) is 4.80. The summed E-state index contributed by atoms with van der Waals surface area (Å²) in [4.78, 5) is 0. The smallest absolute Gasteiger partial charge is 0.0891 e. The van der Waals surface area contributed by atoms with Gasteiger partial charge in [-0.3, -0.25) is 0 Å². The lowest BCUT2D eigenvalue weighted by molar-refractivity contribution is -0.869. The van der Waals surface area contributed by atoms with Gasteiger partial charge >= 0.3 is 0 Å². The van der Waals surface area contributed by atoms with Gasteiger partial charge in [-0.25, -0.2) is 0 Å². The molecule has 60 valence electrons. The van der Waals surface area contributed by atoms with Crippen molar-refractivity contribution in [2.24, 2.45) is 0 Å². The van der Waals surface area contributed by atoms with Gasteiger partial charge in [-0.15, -0.1) is 0 Å². The minimum atomic E-state index is 0.563. The molecule has 4 heteroatoms. The molecule has 0 aromatic heterocycles. The Morgan fingerprint density at radius 2 is 2.30 bits per heavy atom. The van der Waals surface area contributed by atoms with Crippen molar-refractivity contribution in [1.29, 1.82) is 0 Å². The van der Waals surface area contributed by atoms with Gasteiger partial charge in [-0.1, -0.05) is 0 Å². The van der Waals surface area contributed by atoms with Crippen LogP contribution in [-0.2, 0) is 0 Å². The third kappa shape index (κ3) is 2.22. The van der Waals surface area contributed by atoms with Crippen molar-refractivity contribution in [3.8, 4) is 0 Å². The molecule has 0 aromatic rings. The van der Waals surface area contributed by atoms with Crippen LogP contribution in [0.1, 0.15) is 6.92 Å². The standard InChI is InChI=1S/C6H16N4/c1-6-5-7-3-4-8-9-10(6)2/h6-8,10H,3-5H2,1-2H3. The topological polar surface area (TPSA) is 42.6 Å². The van der Waals surface area contributed by atoms with Crippen LogP contribution in [-0.4, -0.2) is 32.7 Å². The Kier molecular flexibility index (Phi) is 3.08. The van der Waals surface area contributed by atoms with Crippen molar-refractivity contribution in [2.75, 3.05) is 26.7 Å². The molecule has 0 bridgehead atoms. The van der Waals surface area contributed by atoms with Crippen molar-refractivity contribution in [1.82, 2.24) is 10.7 Å². The van der Waals surface area contributed by atoms with Crippen LogP contribution in [0.15, 0.2) is 0 Å². The Balaban J connectivity index is 2.28. The lowest BCUT2D eigenvalue weighted by Gasteiger charge is -2.36. The number of hydrogen-bond donors (Lipinski definition) is 3. The first-order valence-electron chi connectivity index (χ1n) is 3.78. The molecule has 0 amide bonds. The van der Waals surface area contributed by atoms with Crippen LogP contribution in [0, 0.1) is 0 Å². The summed E-state index contributed by atoms with van der Waals surface area (Å²) in [6.07, 6.45) is 0. The fraction of sp³-hybridized carbons (Fsp3) is 1.00. The van der Waals surface area contributed by atoms with Gasteiger partial charge in [-0.2, -0.15) is 0 Å². The van der Waals surface area contributed by atoms with Gasteiger partial charge in [0.25, 0.3) is 0 Å². The van der Waals surface area contributed by atoms with Gasteiger partial charge in [0.05, 0.1) is 13.1 Å². The Bertz CT molecular complexity index is 83.7. The van der Waals surface area contributed by atoms with Crippen molar-refractivity contribution in [3.05, 3.63) is 5.53 Å². The van der Waals surface area contributed by atoms with Crippen LogP contribution in [0.4, 0.5) is 0 Å². The molecule has 1 aliphatic rings. The quantitative estimate of drug-likeness (QED) is 0.379. The molecule has 1 aliphatic heterocycles. The van der Waals surface area contributed by atoms with E-state index in [2.05, 4.69) is 30.2 Å². The van der Waals surface area contributed by atoms with E-state index >= 15 is 0 Å². The van der Waals surface area contributed by atoms with Crippen LogP contribution in [0.2, 0.25) is 0 Å². The van der Waals surface area contributed by atoms with Crippen LogP contribution >= 0.6 is 0 Å². The monoisotopic (exact) mass is 144 g/mol. The van der Waals surface area contributed by atoms with E-state index in [4.69, 9.17) is 0 Å². The zero-order chi connectivity index (χ0) is 7.40. The fourth-order valence-electron chi connectivity index (χ4n) is 0.901. The molecule has 4 nitrogen and oxygen atoms in total. The molecule has 0 spiro atoms. The average molecular weight is 144 g/mol. The van der Waals surface area contributed by atoms with Gasteiger partial charge in [-0.05, 0) is 13.5 Å². The number of nitrogens with zero attached hydrogens (tertiary/aromatic N) is 1. The number of hydrogen-bond acceptors (Lipinski definition) is 2. The molecule has 0 aromatic carbocycles. The maximum Gasteiger partial charge on any atom is 0.0891 e. The second-order valence-electron chi connectivity index (χ2n) is 2.77. The van der Waals surface area contributed by atoms with Gasteiger partial charge in [0.1, 0.15) is 0 Å². The Morgan fingerprint density at radius 3 is 3.10 bits per heavy atom. The summed E-state index contributed by atoms with van der Waals surface area (Å²) >= 11 is 0. The van der Waals surface area contributed by atoms with E-state index in [1.54, 1.807) is 0 Å². The van der Waals surface area contributed by atoms with Crippen molar-refractivity contribution in [3.63, 3.8) is 0 Å². The molecule has 2 unspecified atom stereocenters. The zero-order valence-corrected chi connectivity index (χ0v) is 6.65. The second kappa shape index (κ2) is 3.88. The van der Waals surface area contributed by atoms with Gasteiger partial charge in [0.15, 0.2) is 0 Å². The minimum absolute atomic E-state index is 0.563. The third-order valence-corrected chi connectivity index (χ3v) is 1.83. The molecule has 1 rings (SSSR count). The van der Waals surface area contributed by atoms with E-state index in [0.717, 1.165) is 19.6 Å². The highest BCUT2D eigenvalue weighted by Crippen LogP contribution is 1.76. The molecular weight excluding hydrogens is 128 g/mol. The normalized spacial score (nSPS) is 36.6. The molecule has 10 heavy (non-hydrogen) atoms.